The predicted molar refractivity (Wildman–Crippen MR) is 124 cm³/mol. The number of nitrogens with one attached hydrogen (secondary N) is 1. The van der Waals surface area contributed by atoms with Crippen LogP contribution in [-0.2, 0) is 16.8 Å². The number of fused-ring (bicyclic) bond motifs is 1. The highest BCUT2D eigenvalue weighted by molar-refractivity contribution is 7.90. The van der Waals surface area contributed by atoms with Crippen molar-refractivity contribution in [2.45, 2.75) is 32.0 Å². The quantitative estimate of drug-likeness (QED) is 0.461. The summed E-state index contributed by atoms with van der Waals surface area (Å²) in [5.74, 6) is -1.71. The minimum Gasteiger partial charge on any atom is -0.453 e. The molecule has 2 heterocycles. The summed E-state index contributed by atoms with van der Waals surface area (Å²) in [6, 6.07) is 7.52. The number of ether oxygens (including phenoxy) is 1. The van der Waals surface area contributed by atoms with Gasteiger partial charge in [0.15, 0.2) is 11.6 Å². The Bertz CT molecular complexity index is 1600. The molecule has 1 spiro atoms. The molecule has 2 aromatic carbocycles. The molecule has 5 rings (SSSR count). The van der Waals surface area contributed by atoms with Gasteiger partial charge in [-0.15, -0.1) is 0 Å². The van der Waals surface area contributed by atoms with E-state index in [1.165, 1.54) is 12.1 Å². The lowest BCUT2D eigenvalue weighted by atomic mass is 9.63. The van der Waals surface area contributed by atoms with Gasteiger partial charge in [-0.05, 0) is 43.2 Å². The highest BCUT2D eigenvalue weighted by atomic mass is 32.2. The molecule has 1 aromatic heterocycles. The number of hydrogen-bond donors (Lipinski definition) is 1. The van der Waals surface area contributed by atoms with Crippen LogP contribution in [0, 0.1) is 22.6 Å². The Labute approximate surface area is 208 Å². The number of hydrogen-bond acceptors (Lipinski definition) is 6. The SMILES string of the molecule is N#Cc1c(NS(=O)(=O)N2CC3(CCC3F)C2)ccc(F)c1Oc1ccc2ncn(CC(F)F)c(=O)c2c1. The first-order valence-electron chi connectivity index (χ1n) is 11.1. The maximum Gasteiger partial charge on any atom is 0.301 e. The summed E-state index contributed by atoms with van der Waals surface area (Å²) >= 11 is 0. The van der Waals surface area contributed by atoms with Gasteiger partial charge in [0.25, 0.3) is 12.0 Å². The molecule has 1 atom stereocenters. The molecular weight excluding hydrogens is 518 g/mol. The topological polar surface area (TPSA) is 117 Å². The second-order valence-electron chi connectivity index (χ2n) is 9.03. The van der Waals surface area contributed by atoms with E-state index in [9.17, 15) is 36.0 Å². The fourth-order valence-corrected chi connectivity index (χ4v) is 5.93. The van der Waals surface area contributed by atoms with Crippen molar-refractivity contribution >= 4 is 26.8 Å². The van der Waals surface area contributed by atoms with E-state index in [1.807, 2.05) is 0 Å². The molecule has 2 aliphatic rings. The van der Waals surface area contributed by atoms with E-state index in [0.717, 1.165) is 33.4 Å². The van der Waals surface area contributed by atoms with Gasteiger partial charge in [-0.3, -0.25) is 14.1 Å². The molecule has 194 valence electrons. The molecule has 1 aliphatic heterocycles. The van der Waals surface area contributed by atoms with Crippen LogP contribution >= 0.6 is 0 Å². The summed E-state index contributed by atoms with van der Waals surface area (Å²) in [5.41, 5.74) is -1.98. The second-order valence-corrected chi connectivity index (χ2v) is 10.7. The van der Waals surface area contributed by atoms with Crippen molar-refractivity contribution in [2.24, 2.45) is 5.41 Å². The second kappa shape index (κ2) is 9.00. The third-order valence-electron chi connectivity index (χ3n) is 6.69. The zero-order valence-corrected chi connectivity index (χ0v) is 19.8. The fraction of sp³-hybridized carbons (Fsp3) is 0.348. The molecule has 37 heavy (non-hydrogen) atoms. The summed E-state index contributed by atoms with van der Waals surface area (Å²) in [4.78, 5) is 16.5. The van der Waals surface area contributed by atoms with E-state index in [4.69, 9.17) is 4.74 Å². The number of nitrogens with zero attached hydrogens (tertiary/aromatic N) is 4. The minimum absolute atomic E-state index is 0.00412. The molecule has 1 aliphatic carbocycles. The molecule has 3 aromatic rings. The van der Waals surface area contributed by atoms with Crippen LogP contribution in [0.5, 0.6) is 11.5 Å². The number of halogens is 4. The number of anilines is 1. The fourth-order valence-electron chi connectivity index (χ4n) is 4.50. The van der Waals surface area contributed by atoms with Crippen molar-refractivity contribution in [1.29, 1.82) is 5.26 Å². The summed E-state index contributed by atoms with van der Waals surface area (Å²) in [5, 5.41) is 9.60. The summed E-state index contributed by atoms with van der Waals surface area (Å²) in [7, 11) is -4.16. The van der Waals surface area contributed by atoms with Gasteiger partial charge in [0.05, 0.1) is 29.5 Å². The zero-order valence-electron chi connectivity index (χ0n) is 19.0. The van der Waals surface area contributed by atoms with Gasteiger partial charge in [0, 0.05) is 18.5 Å². The Morgan fingerprint density at radius 2 is 2.03 bits per heavy atom. The van der Waals surface area contributed by atoms with Crippen LogP contribution in [0.25, 0.3) is 10.9 Å². The van der Waals surface area contributed by atoms with Gasteiger partial charge in [-0.1, -0.05) is 0 Å². The van der Waals surface area contributed by atoms with Gasteiger partial charge in [0.1, 0.15) is 23.6 Å². The largest absolute Gasteiger partial charge is 0.453 e. The van der Waals surface area contributed by atoms with Crippen molar-refractivity contribution in [3.8, 4) is 17.6 Å². The van der Waals surface area contributed by atoms with E-state index >= 15 is 0 Å². The van der Waals surface area contributed by atoms with E-state index in [2.05, 4.69) is 9.71 Å². The van der Waals surface area contributed by atoms with Crippen molar-refractivity contribution in [2.75, 3.05) is 17.8 Å². The summed E-state index contributed by atoms with van der Waals surface area (Å²) in [6.45, 7) is -0.860. The lowest BCUT2D eigenvalue weighted by molar-refractivity contribution is -0.0889. The molecule has 9 nitrogen and oxygen atoms in total. The molecule has 1 unspecified atom stereocenters. The Kier molecular flexibility index (Phi) is 6.07. The van der Waals surface area contributed by atoms with Crippen molar-refractivity contribution < 1.29 is 30.7 Å². The molecule has 1 N–H and O–H groups in total. The Morgan fingerprint density at radius 1 is 1.27 bits per heavy atom. The average Bonchev–Trinajstić information content (AvgIpc) is 2.81. The van der Waals surface area contributed by atoms with Gasteiger partial charge >= 0.3 is 10.2 Å². The Hall–Kier alpha value is -3.70. The number of rotatable bonds is 7. The molecular formula is C23H19F4N5O4S. The molecule has 2 fully saturated rings. The number of alkyl halides is 3. The standard InChI is InChI=1S/C23H19F4N5O4S/c24-16-2-4-18(30-37(34,35)32-10-23(11-32)6-5-19(23)25)15(8-28)21(16)36-13-1-3-17-14(7-13)22(33)31(12-29-17)9-20(26)27/h1-4,7,12,19-20,30H,5-6,9-11H2. The summed E-state index contributed by atoms with van der Waals surface area (Å²) in [6.07, 6.45) is -1.88. The molecule has 1 saturated carbocycles. The van der Waals surface area contributed by atoms with Crippen LogP contribution in [0.1, 0.15) is 18.4 Å². The number of aromatic nitrogens is 2. The number of benzene rings is 2. The molecule has 0 radical (unpaired) electrons. The Balaban J connectivity index is 1.43. The molecule has 1 saturated heterocycles. The molecule has 0 bridgehead atoms. The highest BCUT2D eigenvalue weighted by Crippen LogP contribution is 2.51. The minimum atomic E-state index is -4.16. The van der Waals surface area contributed by atoms with Gasteiger partial charge in [0.2, 0.25) is 0 Å². The van der Waals surface area contributed by atoms with E-state index < -0.39 is 57.5 Å². The predicted octanol–water partition coefficient (Wildman–Crippen LogP) is 3.56. The third kappa shape index (κ3) is 4.38. The van der Waals surface area contributed by atoms with E-state index in [-0.39, 0.29) is 35.4 Å². The first-order valence-corrected chi connectivity index (χ1v) is 12.6. The maximum absolute atomic E-state index is 14.7. The van der Waals surface area contributed by atoms with Crippen molar-refractivity contribution in [1.82, 2.24) is 13.9 Å². The monoisotopic (exact) mass is 537 g/mol. The lowest BCUT2D eigenvalue weighted by Gasteiger charge is -2.56. The zero-order chi connectivity index (χ0) is 26.5. The van der Waals surface area contributed by atoms with Crippen LogP contribution in [0.2, 0.25) is 0 Å². The van der Waals surface area contributed by atoms with Crippen LogP contribution in [0.4, 0.5) is 23.2 Å². The van der Waals surface area contributed by atoms with E-state index in [0.29, 0.717) is 12.8 Å². The van der Waals surface area contributed by atoms with Crippen molar-refractivity contribution in [3.05, 3.63) is 58.4 Å². The molecule has 14 heteroatoms. The Morgan fingerprint density at radius 3 is 2.65 bits per heavy atom. The first kappa shape index (κ1) is 25.0. The third-order valence-corrected chi connectivity index (χ3v) is 8.11. The van der Waals surface area contributed by atoms with Crippen LogP contribution in [-0.4, -0.2) is 48.0 Å². The highest BCUT2D eigenvalue weighted by Gasteiger charge is 2.58. The normalized spacial score (nSPS) is 18.9. The maximum atomic E-state index is 14.7. The van der Waals surface area contributed by atoms with Crippen LogP contribution in [0.15, 0.2) is 41.5 Å². The van der Waals surface area contributed by atoms with Gasteiger partial charge in [-0.25, -0.2) is 22.5 Å². The average molecular weight is 537 g/mol. The first-order chi connectivity index (χ1) is 17.5. The smallest absolute Gasteiger partial charge is 0.301 e. The van der Waals surface area contributed by atoms with Gasteiger partial charge in [-0.2, -0.15) is 18.0 Å². The summed E-state index contributed by atoms with van der Waals surface area (Å²) < 4.78 is 89.1. The lowest BCUT2D eigenvalue weighted by Crippen LogP contribution is -2.67. The van der Waals surface area contributed by atoms with E-state index in [1.54, 1.807) is 6.07 Å². The van der Waals surface area contributed by atoms with Crippen LogP contribution < -0.4 is 15.0 Å². The van der Waals surface area contributed by atoms with Gasteiger partial charge < -0.3 is 4.74 Å². The van der Waals surface area contributed by atoms with Crippen LogP contribution in [0.3, 0.4) is 0 Å². The van der Waals surface area contributed by atoms with Crippen molar-refractivity contribution in [3.63, 3.8) is 0 Å². The molecule has 0 amide bonds. The number of nitriles is 1.